The number of nitrogens with zero attached hydrogens (tertiary/aromatic N) is 2. The lowest BCUT2D eigenvalue weighted by molar-refractivity contribution is -0.157. The fraction of sp³-hybridized carbons (Fsp3) is 0.857. The molecule has 0 aromatic heterocycles. The molecule has 0 aromatic carbocycles. The van der Waals surface area contributed by atoms with E-state index in [9.17, 15) is 14.4 Å². The number of allylic oxidation sites excluding steroid dienone is 4. The first-order valence-electron chi connectivity index (χ1n) is 24.1. The topological polar surface area (TPSA) is 85.4 Å². The highest BCUT2D eigenvalue weighted by molar-refractivity contribution is 5.72. The highest BCUT2D eigenvalue weighted by Crippen LogP contribution is 2.61. The van der Waals surface area contributed by atoms with Crippen molar-refractivity contribution in [3.05, 3.63) is 24.3 Å². The Balaban J connectivity index is 0.966. The van der Waals surface area contributed by atoms with Crippen LogP contribution >= 0.6 is 0 Å². The van der Waals surface area contributed by atoms with Gasteiger partial charge in [-0.3, -0.25) is 14.4 Å². The molecule has 4 bridgehead atoms. The van der Waals surface area contributed by atoms with Gasteiger partial charge in [0.1, 0.15) is 19.8 Å². The average molecular weight is 795 g/mol. The Labute approximate surface area is 347 Å². The molecule has 0 radical (unpaired) electrons. The fourth-order valence-electron chi connectivity index (χ4n) is 11.4. The molecule has 0 spiro atoms. The molecule has 4 saturated carbocycles. The number of esters is 3. The molecule has 324 valence electrons. The molecule has 1 unspecified atom stereocenters. The molecule has 8 heteroatoms. The van der Waals surface area contributed by atoms with Crippen molar-refractivity contribution in [2.45, 2.75) is 180 Å². The number of unbranched alkanes of at least 4 members (excludes halogenated alkanes) is 9. The van der Waals surface area contributed by atoms with Crippen molar-refractivity contribution in [1.82, 2.24) is 9.80 Å². The molecular formula is C49H82N2O6. The Hall–Kier alpha value is -2.19. The van der Waals surface area contributed by atoms with E-state index in [-0.39, 0.29) is 49.6 Å². The van der Waals surface area contributed by atoms with Gasteiger partial charge in [0.2, 0.25) is 0 Å². The minimum absolute atomic E-state index is 0.103. The van der Waals surface area contributed by atoms with Crippen LogP contribution in [0.25, 0.3) is 0 Å². The molecule has 6 fully saturated rings. The average Bonchev–Trinajstić information content (AvgIpc) is 3.22. The van der Waals surface area contributed by atoms with Gasteiger partial charge < -0.3 is 24.0 Å². The lowest BCUT2D eigenvalue weighted by Crippen LogP contribution is -2.48. The number of hydrogen-bond acceptors (Lipinski definition) is 8. The van der Waals surface area contributed by atoms with Crippen LogP contribution in [0.2, 0.25) is 0 Å². The number of carbonyl (C=O) groups is 3. The van der Waals surface area contributed by atoms with E-state index >= 15 is 0 Å². The number of ether oxygens (including phenoxy) is 3. The summed E-state index contributed by atoms with van der Waals surface area (Å²) in [5.74, 6) is 1.56. The Morgan fingerprint density at radius 3 is 1.77 bits per heavy atom. The Bertz CT molecular complexity index is 1200. The zero-order valence-corrected chi connectivity index (χ0v) is 36.5. The summed E-state index contributed by atoms with van der Waals surface area (Å²) in [5, 5.41) is 0. The van der Waals surface area contributed by atoms with Gasteiger partial charge in [-0.25, -0.2) is 0 Å². The summed E-state index contributed by atoms with van der Waals surface area (Å²) in [6, 6.07) is 0.622. The fourth-order valence-corrected chi connectivity index (χ4v) is 11.4. The van der Waals surface area contributed by atoms with Crippen molar-refractivity contribution in [3.63, 3.8) is 0 Å². The van der Waals surface area contributed by atoms with Crippen LogP contribution in [0.3, 0.4) is 0 Å². The van der Waals surface area contributed by atoms with E-state index in [0.29, 0.717) is 24.3 Å². The third-order valence-electron chi connectivity index (χ3n) is 14.4. The van der Waals surface area contributed by atoms with E-state index in [0.717, 1.165) is 102 Å². The van der Waals surface area contributed by atoms with Gasteiger partial charge in [-0.15, -0.1) is 0 Å². The van der Waals surface area contributed by atoms with Gasteiger partial charge in [-0.05, 0) is 165 Å². The van der Waals surface area contributed by atoms with E-state index in [1.807, 2.05) is 0 Å². The first kappa shape index (κ1) is 45.9. The van der Waals surface area contributed by atoms with Crippen molar-refractivity contribution in [1.29, 1.82) is 0 Å². The second kappa shape index (κ2) is 25.4. The Kier molecular flexibility index (Phi) is 20.5. The van der Waals surface area contributed by atoms with Gasteiger partial charge in [-0.2, -0.15) is 0 Å². The Morgan fingerprint density at radius 1 is 0.632 bits per heavy atom. The molecule has 2 saturated heterocycles. The lowest BCUT2D eigenvalue weighted by atomic mass is 9.48. The molecule has 0 amide bonds. The molecule has 6 rings (SSSR count). The number of piperidine rings is 2. The van der Waals surface area contributed by atoms with Gasteiger partial charge in [0, 0.05) is 18.9 Å². The van der Waals surface area contributed by atoms with Crippen molar-refractivity contribution in [2.75, 3.05) is 52.5 Å². The third-order valence-corrected chi connectivity index (χ3v) is 14.4. The van der Waals surface area contributed by atoms with Crippen molar-refractivity contribution < 1.29 is 28.6 Å². The van der Waals surface area contributed by atoms with E-state index in [2.05, 4.69) is 48.0 Å². The summed E-state index contributed by atoms with van der Waals surface area (Å²) in [4.78, 5) is 44.2. The van der Waals surface area contributed by atoms with E-state index < -0.39 is 0 Å². The number of carbonyl (C=O) groups excluding carboxylic acids is 3. The highest BCUT2D eigenvalue weighted by atomic mass is 16.6. The predicted molar refractivity (Wildman–Crippen MR) is 230 cm³/mol. The minimum atomic E-state index is -0.360. The minimum Gasteiger partial charge on any atom is -0.465 e. The highest BCUT2D eigenvalue weighted by Gasteiger charge is 2.50. The zero-order chi connectivity index (χ0) is 40.1. The molecule has 57 heavy (non-hydrogen) atoms. The number of likely N-dealkylation sites (tertiary alicyclic amines) is 2. The van der Waals surface area contributed by atoms with Crippen LogP contribution in [-0.2, 0) is 28.6 Å². The standard InChI is InChI=1S/C49H82N2O6/c1-3-5-6-7-8-9-10-11-12-13-14-15-16-17-18-19-20-46(52)55-37-43(38-56-47(53)21-26-49-34-40-31-41(35-49)33-42(32-40)36-49)39-57-48(54)44-22-29-51(30-23-44)45-24-27-50(4-2)28-25-45/h8-9,11-12,40-45H,3-7,10,13-39H2,1-2H3/b9-8-,12-11-. The normalized spacial score (nSPS) is 26.4. The van der Waals surface area contributed by atoms with Crippen LogP contribution in [0.5, 0.6) is 0 Å². The molecule has 2 heterocycles. The molecule has 1 atom stereocenters. The van der Waals surface area contributed by atoms with Crippen LogP contribution in [0, 0.1) is 35.0 Å². The van der Waals surface area contributed by atoms with Crippen LogP contribution in [0.1, 0.15) is 174 Å². The summed E-state index contributed by atoms with van der Waals surface area (Å²) in [6.07, 6.45) is 37.0. The molecule has 2 aliphatic heterocycles. The second-order valence-electron chi connectivity index (χ2n) is 19.1. The van der Waals surface area contributed by atoms with Gasteiger partial charge in [0.05, 0.1) is 11.8 Å². The largest absolute Gasteiger partial charge is 0.465 e. The van der Waals surface area contributed by atoms with Crippen molar-refractivity contribution >= 4 is 17.9 Å². The lowest BCUT2D eigenvalue weighted by Gasteiger charge is -2.57. The maximum Gasteiger partial charge on any atom is 0.309 e. The smallest absolute Gasteiger partial charge is 0.309 e. The SMILES string of the molecule is CCCCC/C=C\C/C=C\CCCCCCCCC(=O)OCC(COC(=O)CCC12CC3CC(CC(C3)C1)C2)COC(=O)C1CCN(C2CCN(CC)CC2)CC1. The first-order valence-corrected chi connectivity index (χ1v) is 24.1. The summed E-state index contributed by atoms with van der Waals surface area (Å²) in [5.41, 5.74) is 0.336. The van der Waals surface area contributed by atoms with Crippen LogP contribution in [-0.4, -0.2) is 86.3 Å². The molecule has 0 N–H and O–H groups in total. The number of hydrogen-bond donors (Lipinski definition) is 0. The molecule has 8 nitrogen and oxygen atoms in total. The quantitative estimate of drug-likeness (QED) is 0.0352. The van der Waals surface area contributed by atoms with Gasteiger partial charge in [0.25, 0.3) is 0 Å². The summed E-state index contributed by atoms with van der Waals surface area (Å²) < 4.78 is 17.4. The van der Waals surface area contributed by atoms with E-state index in [1.54, 1.807) is 0 Å². The summed E-state index contributed by atoms with van der Waals surface area (Å²) >= 11 is 0. The van der Waals surface area contributed by atoms with E-state index in [1.165, 1.54) is 96.3 Å². The molecule has 0 aromatic rings. The van der Waals surface area contributed by atoms with Crippen LogP contribution in [0.4, 0.5) is 0 Å². The van der Waals surface area contributed by atoms with Crippen LogP contribution in [0.15, 0.2) is 24.3 Å². The third kappa shape index (κ3) is 16.4. The van der Waals surface area contributed by atoms with Gasteiger partial charge in [0.15, 0.2) is 0 Å². The summed E-state index contributed by atoms with van der Waals surface area (Å²) in [6.45, 7) is 10.1. The van der Waals surface area contributed by atoms with Crippen LogP contribution < -0.4 is 0 Å². The molecule has 6 aliphatic rings. The molecule has 4 aliphatic carbocycles. The monoisotopic (exact) mass is 795 g/mol. The Morgan fingerprint density at radius 2 is 1.18 bits per heavy atom. The maximum atomic E-state index is 13.3. The second-order valence-corrected chi connectivity index (χ2v) is 19.1. The summed E-state index contributed by atoms with van der Waals surface area (Å²) in [7, 11) is 0. The predicted octanol–water partition coefficient (Wildman–Crippen LogP) is 10.6. The zero-order valence-electron chi connectivity index (χ0n) is 36.5. The van der Waals surface area contributed by atoms with E-state index in [4.69, 9.17) is 14.2 Å². The van der Waals surface area contributed by atoms with Crippen molar-refractivity contribution in [2.24, 2.45) is 35.0 Å². The van der Waals surface area contributed by atoms with Crippen molar-refractivity contribution in [3.8, 4) is 0 Å². The first-order chi connectivity index (χ1) is 27.8. The maximum absolute atomic E-state index is 13.3. The molecular weight excluding hydrogens is 713 g/mol. The van der Waals surface area contributed by atoms with Gasteiger partial charge >= 0.3 is 17.9 Å². The number of rotatable bonds is 27. The van der Waals surface area contributed by atoms with Gasteiger partial charge in [-0.1, -0.05) is 76.7 Å².